The zero-order chi connectivity index (χ0) is 17.4. The van der Waals surface area contributed by atoms with Crippen molar-refractivity contribution in [1.82, 2.24) is 4.90 Å². The van der Waals surface area contributed by atoms with E-state index in [1.807, 2.05) is 0 Å². The monoisotopic (exact) mass is 325 g/mol. The third-order valence-electron chi connectivity index (χ3n) is 4.62. The Morgan fingerprint density at radius 3 is 2.08 bits per heavy atom. The van der Waals surface area contributed by atoms with Gasteiger partial charge >= 0.3 is 0 Å². The van der Waals surface area contributed by atoms with Crippen LogP contribution in [0.25, 0.3) is 0 Å². The van der Waals surface area contributed by atoms with Crippen LogP contribution in [0.4, 0.5) is 0 Å². The van der Waals surface area contributed by atoms with Crippen LogP contribution in [0.2, 0.25) is 0 Å². The molecule has 3 nitrogen and oxygen atoms in total. The van der Waals surface area contributed by atoms with Gasteiger partial charge in [0.15, 0.2) is 0 Å². The second-order valence-electron chi connectivity index (χ2n) is 6.50. The lowest BCUT2D eigenvalue weighted by molar-refractivity contribution is 0.0651. The predicted molar refractivity (Wildman–Crippen MR) is 97.0 cm³/mol. The highest BCUT2D eigenvalue weighted by Crippen LogP contribution is 2.24. The van der Waals surface area contributed by atoms with E-state index in [9.17, 15) is 9.59 Å². The summed E-state index contributed by atoms with van der Waals surface area (Å²) in [6.07, 6.45) is 16.3. The van der Waals surface area contributed by atoms with Gasteiger partial charge < -0.3 is 0 Å². The van der Waals surface area contributed by atoms with E-state index >= 15 is 0 Å². The summed E-state index contributed by atoms with van der Waals surface area (Å²) in [4.78, 5) is 26.1. The topological polar surface area (TPSA) is 37.4 Å². The predicted octanol–water partition coefficient (Wildman–Crippen LogP) is 4.79. The number of fused-ring (bicyclic) bond motifs is 1. The maximum Gasteiger partial charge on any atom is 0.261 e. The third kappa shape index (κ3) is 4.47. The van der Waals surface area contributed by atoms with Crippen LogP contribution in [0.15, 0.2) is 18.2 Å². The van der Waals surface area contributed by atoms with E-state index in [1.54, 1.807) is 18.2 Å². The Labute approximate surface area is 145 Å². The largest absolute Gasteiger partial charge is 0.274 e. The molecular weight excluding hydrogens is 298 g/mol. The number of nitrogens with zero attached hydrogens (tertiary/aromatic N) is 1. The van der Waals surface area contributed by atoms with Gasteiger partial charge in [-0.05, 0) is 24.6 Å². The van der Waals surface area contributed by atoms with Crippen LogP contribution in [0, 0.1) is 12.3 Å². The van der Waals surface area contributed by atoms with E-state index in [2.05, 4.69) is 12.8 Å². The highest BCUT2D eigenvalue weighted by Gasteiger charge is 2.34. The molecule has 0 bridgehead atoms. The van der Waals surface area contributed by atoms with E-state index in [0.29, 0.717) is 23.2 Å². The summed E-state index contributed by atoms with van der Waals surface area (Å²) in [7, 11) is 0. The number of carbonyl (C=O) groups is 2. The second kappa shape index (κ2) is 9.27. The molecule has 1 aromatic rings. The molecule has 0 saturated carbocycles. The summed E-state index contributed by atoms with van der Waals surface area (Å²) in [6.45, 7) is 2.74. The normalized spacial score (nSPS) is 13.2. The van der Waals surface area contributed by atoms with Crippen LogP contribution < -0.4 is 0 Å². The molecule has 0 aromatic heterocycles. The van der Waals surface area contributed by atoms with Gasteiger partial charge in [0.25, 0.3) is 11.8 Å². The van der Waals surface area contributed by atoms with Crippen LogP contribution in [0.1, 0.15) is 91.0 Å². The van der Waals surface area contributed by atoms with E-state index in [4.69, 9.17) is 6.42 Å². The number of unbranched alkanes of at least 4 members (excludes halogenated alkanes) is 8. The van der Waals surface area contributed by atoms with Crippen LogP contribution in [0.3, 0.4) is 0 Å². The molecule has 1 aliphatic rings. The maximum atomic E-state index is 12.4. The maximum absolute atomic E-state index is 12.4. The molecule has 2 rings (SSSR count). The van der Waals surface area contributed by atoms with Crippen molar-refractivity contribution in [2.24, 2.45) is 0 Å². The van der Waals surface area contributed by atoms with Crippen molar-refractivity contribution in [3.05, 3.63) is 34.9 Å². The molecule has 2 amide bonds. The lowest BCUT2D eigenvalue weighted by atomic mass is 10.1. The molecule has 0 atom stereocenters. The summed E-state index contributed by atoms with van der Waals surface area (Å²) >= 11 is 0. The molecule has 0 fully saturated rings. The molecule has 0 radical (unpaired) electrons. The number of imide groups is 1. The number of carbonyl (C=O) groups excluding carboxylic acids is 2. The molecule has 0 spiro atoms. The van der Waals surface area contributed by atoms with E-state index in [0.717, 1.165) is 12.8 Å². The van der Waals surface area contributed by atoms with Crippen molar-refractivity contribution in [1.29, 1.82) is 0 Å². The van der Waals surface area contributed by atoms with Crippen molar-refractivity contribution in [3.8, 4) is 12.3 Å². The van der Waals surface area contributed by atoms with Crippen LogP contribution >= 0.6 is 0 Å². The van der Waals surface area contributed by atoms with Gasteiger partial charge in [-0.1, -0.05) is 64.2 Å². The summed E-state index contributed by atoms with van der Waals surface area (Å²) in [5.74, 6) is 2.12. The zero-order valence-electron chi connectivity index (χ0n) is 14.6. The Bertz CT molecular complexity index is 627. The molecule has 1 heterocycles. The Morgan fingerprint density at radius 2 is 1.46 bits per heavy atom. The number of rotatable bonds is 10. The third-order valence-corrected chi connectivity index (χ3v) is 4.62. The zero-order valence-corrected chi connectivity index (χ0v) is 14.6. The van der Waals surface area contributed by atoms with Gasteiger partial charge in [0.2, 0.25) is 0 Å². The lowest BCUT2D eigenvalue weighted by Gasteiger charge is -2.13. The van der Waals surface area contributed by atoms with Crippen molar-refractivity contribution in [2.45, 2.75) is 64.7 Å². The Morgan fingerprint density at radius 1 is 0.875 bits per heavy atom. The molecule has 128 valence electrons. The highest BCUT2D eigenvalue weighted by atomic mass is 16.2. The van der Waals surface area contributed by atoms with Crippen LogP contribution in [0.5, 0.6) is 0 Å². The van der Waals surface area contributed by atoms with E-state index < -0.39 is 0 Å². The standard InChI is InChI=1S/C21H27NO2/c1-3-5-6-7-8-9-10-11-12-15-22-20(23)18-14-13-17(4-2)16-19(18)21(22)24/h2,13-14,16H,3,5-12,15H2,1H3. The van der Waals surface area contributed by atoms with Gasteiger partial charge in [-0.15, -0.1) is 6.42 Å². The molecule has 0 saturated heterocycles. The van der Waals surface area contributed by atoms with Crippen molar-refractivity contribution < 1.29 is 9.59 Å². The average Bonchev–Trinajstić information content (AvgIpc) is 2.84. The average molecular weight is 325 g/mol. The first-order valence-electron chi connectivity index (χ1n) is 9.16. The Balaban J connectivity index is 1.72. The van der Waals surface area contributed by atoms with Gasteiger partial charge in [0.1, 0.15) is 0 Å². The smallest absolute Gasteiger partial charge is 0.261 e. The number of amides is 2. The number of benzene rings is 1. The summed E-state index contributed by atoms with van der Waals surface area (Å²) in [6, 6.07) is 5.03. The molecule has 24 heavy (non-hydrogen) atoms. The molecule has 1 aliphatic heterocycles. The first-order chi connectivity index (χ1) is 11.7. The lowest BCUT2D eigenvalue weighted by Crippen LogP contribution is -2.30. The quantitative estimate of drug-likeness (QED) is 0.352. The van der Waals surface area contributed by atoms with Gasteiger partial charge in [0, 0.05) is 12.1 Å². The van der Waals surface area contributed by atoms with Gasteiger partial charge in [-0.2, -0.15) is 0 Å². The van der Waals surface area contributed by atoms with E-state index in [-0.39, 0.29) is 11.8 Å². The fourth-order valence-corrected chi connectivity index (χ4v) is 3.16. The molecule has 0 aliphatic carbocycles. The fourth-order valence-electron chi connectivity index (χ4n) is 3.16. The molecule has 0 unspecified atom stereocenters. The fraction of sp³-hybridized carbons (Fsp3) is 0.524. The van der Waals surface area contributed by atoms with Crippen molar-refractivity contribution in [2.75, 3.05) is 6.54 Å². The number of hydrogen-bond donors (Lipinski definition) is 0. The first kappa shape index (κ1) is 18.3. The molecular formula is C21H27NO2. The van der Waals surface area contributed by atoms with Gasteiger partial charge in [0.05, 0.1) is 11.1 Å². The van der Waals surface area contributed by atoms with Crippen LogP contribution in [-0.4, -0.2) is 23.3 Å². The molecule has 0 N–H and O–H groups in total. The number of hydrogen-bond acceptors (Lipinski definition) is 2. The van der Waals surface area contributed by atoms with Gasteiger partial charge in [-0.25, -0.2) is 0 Å². The Hall–Kier alpha value is -2.08. The molecule has 3 heteroatoms. The van der Waals surface area contributed by atoms with Crippen LogP contribution in [-0.2, 0) is 0 Å². The van der Waals surface area contributed by atoms with Gasteiger partial charge in [-0.3, -0.25) is 14.5 Å². The summed E-state index contributed by atoms with van der Waals surface area (Å²) in [5.41, 5.74) is 1.57. The van der Waals surface area contributed by atoms with Crippen molar-refractivity contribution in [3.63, 3.8) is 0 Å². The molecule has 1 aromatic carbocycles. The number of terminal acetylenes is 1. The highest BCUT2D eigenvalue weighted by molar-refractivity contribution is 6.21. The Kier molecular flexibility index (Phi) is 7.06. The SMILES string of the molecule is C#Cc1ccc2c(c1)C(=O)N(CCCCCCCCCCC)C2=O. The van der Waals surface area contributed by atoms with E-state index in [1.165, 1.54) is 49.8 Å². The van der Waals surface area contributed by atoms with Crippen molar-refractivity contribution >= 4 is 11.8 Å². The first-order valence-corrected chi connectivity index (χ1v) is 9.16. The second-order valence-corrected chi connectivity index (χ2v) is 6.50. The minimum absolute atomic E-state index is 0.182. The minimum Gasteiger partial charge on any atom is -0.274 e. The minimum atomic E-state index is -0.202. The summed E-state index contributed by atoms with van der Waals surface area (Å²) < 4.78 is 0. The summed E-state index contributed by atoms with van der Waals surface area (Å²) in [5, 5.41) is 0.